The van der Waals surface area contributed by atoms with Crippen LogP contribution in [0.5, 0.6) is 0 Å². The van der Waals surface area contributed by atoms with Gasteiger partial charge in [-0.2, -0.15) is 5.26 Å². The Kier molecular flexibility index (Phi) is 42.5. The predicted molar refractivity (Wildman–Crippen MR) is 77.1 cm³/mol. The van der Waals surface area contributed by atoms with Crippen LogP contribution in [-0.4, -0.2) is 19.3 Å². The summed E-state index contributed by atoms with van der Waals surface area (Å²) in [6, 6.07) is 1.86. The van der Waals surface area contributed by atoms with Gasteiger partial charge in [0.25, 0.3) is 0 Å². The molecule has 0 aliphatic heterocycles. The van der Waals surface area contributed by atoms with Crippen molar-refractivity contribution in [3.8, 4) is 6.07 Å². The number of allylic oxidation sites excluding steroid dienone is 3. The normalized spacial score (nSPS) is 10.3. The summed E-state index contributed by atoms with van der Waals surface area (Å²) in [7, 11) is -3.64. The van der Waals surface area contributed by atoms with E-state index in [0.717, 1.165) is 0 Å². The Bertz CT molecular complexity index is 442. The van der Waals surface area contributed by atoms with Crippen molar-refractivity contribution >= 4 is 7.82 Å². The monoisotopic (exact) mass is 399 g/mol. The third kappa shape index (κ3) is 23.1. The topological polar surface area (TPSA) is 128 Å². The molecule has 0 saturated heterocycles. The SMILES string of the molecule is C/C=C/C=C/C(C#N)OP(=O)(OCC)OCC.[C-]#[O+].[C-]#[O+].[C-]#[O+].[Fe]. The first-order valence-corrected chi connectivity index (χ1v) is 7.45. The van der Waals surface area contributed by atoms with Gasteiger partial charge in [-0.1, -0.05) is 18.2 Å². The molecule has 0 saturated carbocycles. The van der Waals surface area contributed by atoms with Crippen LogP contribution >= 0.6 is 7.82 Å². The molecule has 0 N–H and O–H groups in total. The molecule has 10 heteroatoms. The maximum Gasteiger partial charge on any atom is 0 e. The molecule has 0 rings (SSSR count). The zero-order chi connectivity index (χ0) is 19.1. The van der Waals surface area contributed by atoms with Gasteiger partial charge in [-0.05, 0) is 26.8 Å². The molecular formula is C14H18FeNO7P. The Morgan fingerprint density at radius 1 is 1.08 bits per heavy atom. The average Bonchev–Trinajstić information content (AvgIpc) is 2.60. The number of rotatable bonds is 8. The zero-order valence-electron chi connectivity index (χ0n) is 13.4. The third-order valence-corrected chi connectivity index (χ3v) is 3.17. The molecule has 1 atom stereocenters. The first-order chi connectivity index (χ1) is 11.1. The van der Waals surface area contributed by atoms with Gasteiger partial charge in [-0.15, -0.1) is 0 Å². The predicted octanol–water partition coefficient (Wildman–Crippen LogP) is 3.09. The van der Waals surface area contributed by atoms with E-state index in [0.29, 0.717) is 0 Å². The number of hydrogen-bond acceptors (Lipinski definition) is 5. The molecule has 0 heterocycles. The second-order valence-corrected chi connectivity index (χ2v) is 4.47. The van der Waals surface area contributed by atoms with E-state index in [-0.39, 0.29) is 30.3 Å². The maximum absolute atomic E-state index is 11.9. The van der Waals surface area contributed by atoms with Gasteiger partial charge in [0.1, 0.15) is 0 Å². The smallest absolute Gasteiger partial charge is 0 e. The Labute approximate surface area is 153 Å². The summed E-state index contributed by atoms with van der Waals surface area (Å²) in [4.78, 5) is 0. The van der Waals surface area contributed by atoms with Crippen molar-refractivity contribution in [3.05, 3.63) is 44.3 Å². The summed E-state index contributed by atoms with van der Waals surface area (Å²) >= 11 is 0. The van der Waals surface area contributed by atoms with Crippen molar-refractivity contribution < 1.29 is 49.2 Å². The van der Waals surface area contributed by atoms with E-state index in [9.17, 15) is 4.57 Å². The molecule has 1 unspecified atom stereocenters. The Morgan fingerprint density at radius 3 is 1.79 bits per heavy atom. The van der Waals surface area contributed by atoms with E-state index >= 15 is 0 Å². The number of hydrogen-bond donors (Lipinski definition) is 0. The third-order valence-electron chi connectivity index (χ3n) is 1.53. The molecule has 0 bridgehead atoms. The van der Waals surface area contributed by atoms with E-state index in [1.807, 2.05) is 13.0 Å². The van der Waals surface area contributed by atoms with Gasteiger partial charge in [0.15, 0.2) is 6.10 Å². The second-order valence-electron chi connectivity index (χ2n) is 2.85. The van der Waals surface area contributed by atoms with Crippen molar-refractivity contribution in [3.63, 3.8) is 0 Å². The van der Waals surface area contributed by atoms with Crippen LogP contribution < -0.4 is 0 Å². The summed E-state index contributed by atoms with van der Waals surface area (Å²) < 4.78 is 49.3. The zero-order valence-corrected chi connectivity index (χ0v) is 15.4. The van der Waals surface area contributed by atoms with Crippen LogP contribution in [0.1, 0.15) is 20.8 Å². The van der Waals surface area contributed by atoms with Gasteiger partial charge in [0.05, 0.1) is 19.3 Å². The van der Waals surface area contributed by atoms with Gasteiger partial charge >= 0.3 is 41.7 Å². The maximum atomic E-state index is 11.9. The minimum atomic E-state index is -3.64. The van der Waals surface area contributed by atoms with Crippen molar-refractivity contribution in [2.24, 2.45) is 0 Å². The van der Waals surface area contributed by atoms with Gasteiger partial charge in [0, 0.05) is 17.1 Å². The fourth-order valence-electron chi connectivity index (χ4n) is 0.931. The average molecular weight is 399 g/mol. The summed E-state index contributed by atoms with van der Waals surface area (Å²) in [5.74, 6) is 0. The molecule has 0 aliphatic carbocycles. The molecule has 24 heavy (non-hydrogen) atoms. The molecule has 0 fully saturated rings. The standard InChI is InChI=1S/C11H18NO4P.3CO.Fe/c1-4-7-8-9-11(10-12)16-17(13,14-5-2)15-6-3;3*1-2;/h4,7-9,11H,5-6H2,1-3H3;;;;/b7-4+,9-8+;;;;. The summed E-state index contributed by atoms with van der Waals surface area (Å²) in [5, 5.41) is 8.84. The van der Waals surface area contributed by atoms with E-state index < -0.39 is 13.9 Å². The minimum absolute atomic E-state index is 0. The van der Waals surface area contributed by atoms with E-state index in [4.69, 9.17) is 32.8 Å². The summed E-state index contributed by atoms with van der Waals surface area (Å²) in [6.45, 7) is 19.1. The van der Waals surface area contributed by atoms with Crippen molar-refractivity contribution in [2.75, 3.05) is 13.2 Å². The largest absolute Gasteiger partial charge is 0 e. The van der Waals surface area contributed by atoms with Gasteiger partial charge in [0.2, 0.25) is 0 Å². The van der Waals surface area contributed by atoms with Crippen LogP contribution in [0.25, 0.3) is 0 Å². The Morgan fingerprint density at radius 2 is 1.50 bits per heavy atom. The van der Waals surface area contributed by atoms with E-state index in [2.05, 4.69) is 20.0 Å². The van der Waals surface area contributed by atoms with Gasteiger partial charge in [-0.25, -0.2) is 4.57 Å². The van der Waals surface area contributed by atoms with Crippen LogP contribution in [0, 0.1) is 31.3 Å². The van der Waals surface area contributed by atoms with E-state index in [1.54, 1.807) is 32.1 Å². The first-order valence-electron chi connectivity index (χ1n) is 5.99. The fraction of sp³-hybridized carbons (Fsp3) is 0.429. The molecular weight excluding hydrogens is 381 g/mol. The number of phosphoric ester groups is 1. The molecule has 8 nitrogen and oxygen atoms in total. The molecule has 0 aliphatic rings. The fourth-order valence-corrected chi connectivity index (χ4v) is 2.16. The Hall–Kier alpha value is -1.18. The van der Waals surface area contributed by atoms with Crippen molar-refractivity contribution in [1.29, 1.82) is 5.26 Å². The first kappa shape index (κ1) is 34.2. The van der Waals surface area contributed by atoms with E-state index in [1.165, 1.54) is 6.08 Å². The van der Waals surface area contributed by atoms with Crippen LogP contribution in [-0.2, 0) is 49.2 Å². The van der Waals surface area contributed by atoms with Gasteiger partial charge < -0.3 is 0 Å². The molecule has 0 aromatic rings. The van der Waals surface area contributed by atoms with Gasteiger partial charge in [-0.3, -0.25) is 13.6 Å². The molecule has 134 valence electrons. The summed E-state index contributed by atoms with van der Waals surface area (Å²) in [5.41, 5.74) is 0. The molecule has 0 aromatic carbocycles. The number of nitriles is 1. The molecule has 0 spiro atoms. The van der Waals surface area contributed by atoms with Crippen LogP contribution in [0.2, 0.25) is 0 Å². The number of phosphoric acid groups is 1. The second kappa shape index (κ2) is 29.8. The van der Waals surface area contributed by atoms with Crippen LogP contribution in [0.15, 0.2) is 24.3 Å². The van der Waals surface area contributed by atoms with Crippen molar-refractivity contribution in [1.82, 2.24) is 0 Å². The molecule has 0 amide bonds. The number of nitrogens with zero attached hydrogens (tertiary/aromatic N) is 1. The molecule has 0 radical (unpaired) electrons. The van der Waals surface area contributed by atoms with Crippen molar-refractivity contribution in [2.45, 2.75) is 26.9 Å². The minimum Gasteiger partial charge on any atom is 0 e. The summed E-state index contributed by atoms with van der Waals surface area (Å²) in [6.07, 6.45) is 5.69. The van der Waals surface area contributed by atoms with Crippen LogP contribution in [0.3, 0.4) is 0 Å². The molecule has 0 aromatic heterocycles. The van der Waals surface area contributed by atoms with Crippen LogP contribution in [0.4, 0.5) is 0 Å². The quantitative estimate of drug-likeness (QED) is 0.204. The Balaban J connectivity index is -0.000000153.